The average molecular weight is 331 g/mol. The summed E-state index contributed by atoms with van der Waals surface area (Å²) in [5, 5.41) is 9.63. The molecule has 10 nitrogen and oxygen atoms in total. The second kappa shape index (κ2) is 6.52. The molecule has 0 aromatic carbocycles. The van der Waals surface area contributed by atoms with E-state index < -0.39 is 6.09 Å². The van der Waals surface area contributed by atoms with Gasteiger partial charge in [0.05, 0.1) is 12.9 Å². The Morgan fingerprint density at radius 1 is 1.38 bits per heavy atom. The van der Waals surface area contributed by atoms with Crippen molar-refractivity contribution in [3.05, 3.63) is 18.4 Å². The highest BCUT2D eigenvalue weighted by molar-refractivity contribution is 5.82. The lowest BCUT2D eigenvalue weighted by molar-refractivity contribution is 0.147. The number of ether oxygens (including phenoxy) is 1. The zero-order chi connectivity index (χ0) is 17.1. The molecule has 24 heavy (non-hydrogen) atoms. The Morgan fingerprint density at radius 2 is 2.21 bits per heavy atom. The maximum atomic E-state index is 11.9. The van der Waals surface area contributed by atoms with Gasteiger partial charge in [-0.3, -0.25) is 5.32 Å². The van der Waals surface area contributed by atoms with Crippen molar-refractivity contribution in [1.29, 1.82) is 0 Å². The van der Waals surface area contributed by atoms with Crippen LogP contribution in [0.3, 0.4) is 0 Å². The van der Waals surface area contributed by atoms with Gasteiger partial charge in [-0.1, -0.05) is 13.8 Å². The summed E-state index contributed by atoms with van der Waals surface area (Å²) in [6, 6.07) is 3.46. The Kier molecular flexibility index (Phi) is 4.27. The van der Waals surface area contributed by atoms with Gasteiger partial charge in [-0.15, -0.1) is 5.10 Å². The number of nitrogens with zero attached hydrogens (tertiary/aromatic N) is 5. The molecule has 10 heteroatoms. The van der Waals surface area contributed by atoms with Crippen molar-refractivity contribution < 1.29 is 13.9 Å². The van der Waals surface area contributed by atoms with E-state index in [0.717, 1.165) is 0 Å². The molecular formula is C14H17N7O3. The number of aromatic nitrogens is 5. The molecule has 0 aliphatic rings. The average Bonchev–Trinajstić information content (AvgIpc) is 3.21. The van der Waals surface area contributed by atoms with Crippen LogP contribution in [0.2, 0.25) is 0 Å². The molecule has 0 saturated carbocycles. The third kappa shape index (κ3) is 3.26. The molecule has 0 spiro atoms. The van der Waals surface area contributed by atoms with Gasteiger partial charge in [0.1, 0.15) is 0 Å². The lowest BCUT2D eigenvalue weighted by Gasteiger charge is -2.09. The number of carbonyl (C=O) groups is 1. The van der Waals surface area contributed by atoms with Crippen molar-refractivity contribution in [2.24, 2.45) is 5.92 Å². The predicted molar refractivity (Wildman–Crippen MR) is 85.6 cm³/mol. The minimum atomic E-state index is -0.624. The van der Waals surface area contributed by atoms with E-state index in [0.29, 0.717) is 24.1 Å². The number of furan rings is 1. The summed E-state index contributed by atoms with van der Waals surface area (Å²) in [6.07, 6.45) is 0.898. The number of fused-ring (bicyclic) bond motifs is 1. The number of rotatable bonds is 5. The van der Waals surface area contributed by atoms with Crippen LogP contribution in [0.15, 0.2) is 22.8 Å². The predicted octanol–water partition coefficient (Wildman–Crippen LogP) is 2.03. The molecule has 3 aromatic heterocycles. The fourth-order valence-electron chi connectivity index (χ4n) is 1.86. The van der Waals surface area contributed by atoms with E-state index in [4.69, 9.17) is 9.15 Å². The third-order valence-corrected chi connectivity index (χ3v) is 2.94. The third-order valence-electron chi connectivity index (χ3n) is 2.94. The van der Waals surface area contributed by atoms with Crippen LogP contribution < -0.4 is 10.6 Å². The first-order valence-electron chi connectivity index (χ1n) is 7.37. The molecule has 3 rings (SSSR count). The molecule has 0 radical (unpaired) electrons. The normalized spacial score (nSPS) is 11.0. The van der Waals surface area contributed by atoms with Gasteiger partial charge in [-0.25, -0.2) is 4.79 Å². The van der Waals surface area contributed by atoms with Gasteiger partial charge in [0.2, 0.25) is 17.7 Å². The number of hydrogen-bond acceptors (Lipinski definition) is 8. The lowest BCUT2D eigenvalue weighted by Crippen LogP contribution is -2.20. The first-order chi connectivity index (χ1) is 11.6. The molecule has 3 heterocycles. The quantitative estimate of drug-likeness (QED) is 0.728. The van der Waals surface area contributed by atoms with Crippen molar-refractivity contribution in [2.75, 3.05) is 24.3 Å². The van der Waals surface area contributed by atoms with E-state index in [2.05, 4.69) is 30.7 Å². The molecule has 0 atom stereocenters. The van der Waals surface area contributed by atoms with Crippen molar-refractivity contribution in [1.82, 2.24) is 24.6 Å². The summed E-state index contributed by atoms with van der Waals surface area (Å²) in [6.45, 7) is 4.19. The largest absolute Gasteiger partial charge is 0.461 e. The van der Waals surface area contributed by atoms with Crippen molar-refractivity contribution in [3.8, 4) is 11.6 Å². The SMILES string of the molecule is CNc1nc(NC(=O)OCC(C)C)n2nc(-c3ccco3)nc2n1. The second-order valence-corrected chi connectivity index (χ2v) is 5.36. The first-order valence-corrected chi connectivity index (χ1v) is 7.37. The van der Waals surface area contributed by atoms with Crippen LogP contribution in [0, 0.1) is 5.92 Å². The minimum absolute atomic E-state index is 0.142. The number of nitrogens with one attached hydrogen (secondary N) is 2. The Bertz CT molecular complexity index is 842. The molecule has 0 aliphatic carbocycles. The van der Waals surface area contributed by atoms with Crippen molar-refractivity contribution in [3.63, 3.8) is 0 Å². The first kappa shape index (κ1) is 15.7. The highest BCUT2D eigenvalue weighted by atomic mass is 16.5. The topological polar surface area (TPSA) is 119 Å². The smallest absolute Gasteiger partial charge is 0.414 e. The molecule has 2 N–H and O–H groups in total. The van der Waals surface area contributed by atoms with Gasteiger partial charge in [0.25, 0.3) is 5.78 Å². The fraction of sp³-hybridized carbons (Fsp3) is 0.357. The number of carbonyl (C=O) groups excluding carboxylic acids is 1. The summed E-state index contributed by atoms with van der Waals surface area (Å²) in [4.78, 5) is 24.6. The maximum absolute atomic E-state index is 11.9. The van der Waals surface area contributed by atoms with E-state index in [1.54, 1.807) is 19.2 Å². The molecule has 1 amide bonds. The van der Waals surface area contributed by atoms with E-state index in [1.807, 2.05) is 13.8 Å². The van der Waals surface area contributed by atoms with Crippen molar-refractivity contribution in [2.45, 2.75) is 13.8 Å². The summed E-state index contributed by atoms with van der Waals surface area (Å²) >= 11 is 0. The molecular weight excluding hydrogens is 314 g/mol. The standard InChI is InChI=1S/C14H17N7O3/c1-8(2)7-24-14(22)19-13-18-11(15-3)17-12-16-10(20-21(12)13)9-5-4-6-23-9/h4-6,8H,7H2,1-3H3,(H2,15,16,17,18,19,20,22). The van der Waals surface area contributed by atoms with Crippen LogP contribution in [0.5, 0.6) is 0 Å². The number of anilines is 2. The van der Waals surface area contributed by atoms with Crippen LogP contribution in [-0.4, -0.2) is 44.3 Å². The molecule has 0 unspecified atom stereocenters. The number of amides is 1. The summed E-state index contributed by atoms with van der Waals surface area (Å²) in [5.41, 5.74) is 0. The zero-order valence-electron chi connectivity index (χ0n) is 13.5. The number of hydrogen-bond donors (Lipinski definition) is 2. The van der Waals surface area contributed by atoms with Crippen LogP contribution >= 0.6 is 0 Å². The van der Waals surface area contributed by atoms with Gasteiger partial charge in [0.15, 0.2) is 5.76 Å². The van der Waals surface area contributed by atoms with Crippen LogP contribution in [0.25, 0.3) is 17.4 Å². The Balaban J connectivity index is 1.94. The van der Waals surface area contributed by atoms with Crippen LogP contribution in [0.1, 0.15) is 13.8 Å². The minimum Gasteiger partial charge on any atom is -0.461 e. The zero-order valence-corrected chi connectivity index (χ0v) is 13.5. The Hall–Kier alpha value is -3.17. The Labute approximate surface area is 137 Å². The lowest BCUT2D eigenvalue weighted by atomic mass is 10.2. The molecule has 0 aliphatic heterocycles. The second-order valence-electron chi connectivity index (χ2n) is 5.36. The van der Waals surface area contributed by atoms with Gasteiger partial charge in [0, 0.05) is 7.05 Å². The van der Waals surface area contributed by atoms with Crippen LogP contribution in [0.4, 0.5) is 16.7 Å². The molecule has 0 bridgehead atoms. The summed E-state index contributed by atoms with van der Waals surface area (Å²) in [5.74, 6) is 1.75. The summed E-state index contributed by atoms with van der Waals surface area (Å²) < 4.78 is 11.7. The van der Waals surface area contributed by atoms with Crippen molar-refractivity contribution >= 4 is 23.8 Å². The molecule has 0 saturated heterocycles. The highest BCUT2D eigenvalue weighted by Crippen LogP contribution is 2.18. The molecule has 126 valence electrons. The van der Waals surface area contributed by atoms with E-state index >= 15 is 0 Å². The maximum Gasteiger partial charge on any atom is 0.414 e. The fourth-order valence-corrected chi connectivity index (χ4v) is 1.86. The van der Waals surface area contributed by atoms with Gasteiger partial charge >= 0.3 is 6.09 Å². The van der Waals surface area contributed by atoms with Gasteiger partial charge in [-0.2, -0.15) is 19.5 Å². The van der Waals surface area contributed by atoms with Gasteiger partial charge < -0.3 is 14.5 Å². The summed E-state index contributed by atoms with van der Waals surface area (Å²) in [7, 11) is 1.66. The van der Waals surface area contributed by atoms with E-state index in [1.165, 1.54) is 10.8 Å². The molecule has 3 aromatic rings. The monoisotopic (exact) mass is 331 g/mol. The Morgan fingerprint density at radius 3 is 2.88 bits per heavy atom. The van der Waals surface area contributed by atoms with E-state index in [9.17, 15) is 4.79 Å². The van der Waals surface area contributed by atoms with Crippen LogP contribution in [-0.2, 0) is 4.74 Å². The highest BCUT2D eigenvalue weighted by Gasteiger charge is 2.17. The van der Waals surface area contributed by atoms with Gasteiger partial charge in [-0.05, 0) is 18.1 Å². The van der Waals surface area contributed by atoms with E-state index in [-0.39, 0.29) is 17.6 Å². The molecule has 0 fully saturated rings.